The molecule has 0 radical (unpaired) electrons. The van der Waals surface area contributed by atoms with Crippen molar-refractivity contribution in [3.8, 4) is 0 Å². The number of aliphatic carboxylic acids is 1. The van der Waals surface area contributed by atoms with E-state index in [-0.39, 0.29) is 4.58 Å². The maximum atomic E-state index is 10.6. The predicted molar refractivity (Wildman–Crippen MR) is 56.4 cm³/mol. The van der Waals surface area contributed by atoms with Crippen molar-refractivity contribution in [2.24, 2.45) is 0 Å². The Balaban J connectivity index is 2.32. The maximum absolute atomic E-state index is 10.6. The summed E-state index contributed by atoms with van der Waals surface area (Å²) in [5.74, 6) is -0.692. The Morgan fingerprint density at radius 3 is 2.18 bits per heavy atom. The molecule has 6 heteroatoms. The molecule has 64 valence electrons. The number of carboxylic acid groups (broad SMARTS) is 1. The van der Waals surface area contributed by atoms with Gasteiger partial charge in [0.25, 0.3) is 0 Å². The maximum Gasteiger partial charge on any atom is 0.326 e. The number of hydrogen-bond acceptors (Lipinski definition) is 5. The van der Waals surface area contributed by atoms with Gasteiger partial charge in [0.1, 0.15) is 4.58 Å². The van der Waals surface area contributed by atoms with Gasteiger partial charge in [0.05, 0.1) is 0 Å². The van der Waals surface area contributed by atoms with Gasteiger partial charge in [0, 0.05) is 15.3 Å². The van der Waals surface area contributed by atoms with E-state index in [4.69, 9.17) is 5.11 Å². The van der Waals surface area contributed by atoms with Crippen LogP contribution in [0, 0.1) is 0 Å². The monoisotopic (exact) mass is 228 g/mol. The summed E-state index contributed by atoms with van der Waals surface area (Å²) in [5, 5.41) is 11.6. The molecule has 0 spiro atoms. The first-order valence-electron chi connectivity index (χ1n) is 2.92. The molecule has 1 saturated heterocycles. The van der Waals surface area contributed by atoms with Crippen molar-refractivity contribution in [1.29, 1.82) is 0 Å². The van der Waals surface area contributed by atoms with Gasteiger partial charge in [0.2, 0.25) is 0 Å². The number of carboxylic acids is 1. The van der Waals surface area contributed by atoms with Crippen LogP contribution in [-0.2, 0) is 4.79 Å². The van der Waals surface area contributed by atoms with E-state index in [0.29, 0.717) is 0 Å². The van der Waals surface area contributed by atoms with Gasteiger partial charge in [-0.1, -0.05) is 0 Å². The zero-order valence-corrected chi connectivity index (χ0v) is 8.95. The standard InChI is InChI=1S/C5H8O2S4/c6-4(7)5-10-2-8-1-9-3-11-5/h5H,1-3H2,(H,6,7). The number of rotatable bonds is 1. The number of carbonyl (C=O) groups is 1. The zero-order valence-electron chi connectivity index (χ0n) is 5.69. The molecule has 1 fully saturated rings. The van der Waals surface area contributed by atoms with Crippen LogP contribution in [0.1, 0.15) is 0 Å². The Kier molecular flexibility index (Phi) is 4.98. The van der Waals surface area contributed by atoms with Gasteiger partial charge >= 0.3 is 5.97 Å². The van der Waals surface area contributed by atoms with E-state index in [9.17, 15) is 4.79 Å². The first-order valence-corrected chi connectivity index (χ1v) is 7.33. The van der Waals surface area contributed by atoms with Crippen LogP contribution in [0.2, 0.25) is 0 Å². The second-order valence-corrected chi connectivity index (χ2v) is 7.32. The van der Waals surface area contributed by atoms with Gasteiger partial charge in [-0.15, -0.1) is 47.0 Å². The molecule has 0 aromatic rings. The summed E-state index contributed by atoms with van der Waals surface area (Å²) in [4.78, 5) is 10.6. The lowest BCUT2D eigenvalue weighted by molar-refractivity contribution is -0.134. The molecule has 1 aliphatic rings. The third-order valence-electron chi connectivity index (χ3n) is 0.974. The van der Waals surface area contributed by atoms with Crippen molar-refractivity contribution >= 4 is 53.0 Å². The molecule has 0 aromatic heterocycles. The molecule has 0 aliphatic carbocycles. The van der Waals surface area contributed by atoms with E-state index in [2.05, 4.69) is 0 Å². The average molecular weight is 228 g/mol. The number of hydrogen-bond donors (Lipinski definition) is 1. The highest BCUT2D eigenvalue weighted by molar-refractivity contribution is 8.32. The second-order valence-electron chi connectivity index (χ2n) is 1.77. The largest absolute Gasteiger partial charge is 0.480 e. The van der Waals surface area contributed by atoms with Gasteiger partial charge in [-0.3, -0.25) is 4.79 Å². The summed E-state index contributed by atoms with van der Waals surface area (Å²) in [7, 11) is 0. The fourth-order valence-electron chi connectivity index (χ4n) is 0.537. The van der Waals surface area contributed by atoms with Gasteiger partial charge in [-0.2, -0.15) is 0 Å². The Labute approximate surface area is 82.6 Å². The second kappa shape index (κ2) is 5.50. The fourth-order valence-corrected chi connectivity index (χ4v) is 6.21. The van der Waals surface area contributed by atoms with Gasteiger partial charge in [-0.25, -0.2) is 0 Å². The smallest absolute Gasteiger partial charge is 0.326 e. The lowest BCUT2D eigenvalue weighted by Crippen LogP contribution is -2.13. The van der Waals surface area contributed by atoms with Crippen LogP contribution in [-0.4, -0.2) is 30.9 Å². The lowest BCUT2D eigenvalue weighted by Gasteiger charge is -2.13. The van der Waals surface area contributed by atoms with Crippen LogP contribution >= 0.6 is 47.0 Å². The Morgan fingerprint density at radius 2 is 1.73 bits per heavy atom. The van der Waals surface area contributed by atoms with Gasteiger partial charge < -0.3 is 5.11 Å². The fraction of sp³-hybridized carbons (Fsp3) is 0.800. The van der Waals surface area contributed by atoms with Crippen molar-refractivity contribution in [3.63, 3.8) is 0 Å². The Morgan fingerprint density at radius 1 is 1.18 bits per heavy atom. The minimum Gasteiger partial charge on any atom is -0.480 e. The molecule has 0 saturated carbocycles. The third kappa shape index (κ3) is 3.87. The minimum absolute atomic E-state index is 0.254. The van der Waals surface area contributed by atoms with Gasteiger partial charge in [0.15, 0.2) is 0 Å². The zero-order chi connectivity index (χ0) is 8.10. The summed E-state index contributed by atoms with van der Waals surface area (Å²) in [5.41, 5.74) is 0. The first kappa shape index (κ1) is 9.95. The minimum atomic E-state index is -0.692. The molecule has 1 rings (SSSR count). The SMILES string of the molecule is O=C(O)C1SCSCSCS1. The summed E-state index contributed by atoms with van der Waals surface area (Å²) in [6.07, 6.45) is 0. The predicted octanol–water partition coefficient (Wildman–Crippen LogP) is 2.22. The first-order chi connectivity index (χ1) is 5.30. The molecule has 2 nitrogen and oxygen atoms in total. The highest BCUT2D eigenvalue weighted by Gasteiger charge is 2.19. The summed E-state index contributed by atoms with van der Waals surface area (Å²) in [6.45, 7) is 0. The van der Waals surface area contributed by atoms with Crippen molar-refractivity contribution in [2.75, 3.05) is 15.3 Å². The molecule has 11 heavy (non-hydrogen) atoms. The van der Waals surface area contributed by atoms with Crippen molar-refractivity contribution in [1.82, 2.24) is 0 Å². The van der Waals surface area contributed by atoms with Crippen molar-refractivity contribution < 1.29 is 9.90 Å². The molecular formula is C5H8O2S4. The summed E-state index contributed by atoms with van der Waals surface area (Å²) >= 11 is 6.64. The van der Waals surface area contributed by atoms with E-state index < -0.39 is 5.97 Å². The molecule has 0 aromatic carbocycles. The molecule has 0 amide bonds. The van der Waals surface area contributed by atoms with Crippen molar-refractivity contribution in [2.45, 2.75) is 4.58 Å². The quantitative estimate of drug-likeness (QED) is 0.742. The van der Waals surface area contributed by atoms with Crippen LogP contribution < -0.4 is 0 Å². The summed E-state index contributed by atoms with van der Waals surface area (Å²) in [6, 6.07) is 0. The topological polar surface area (TPSA) is 37.3 Å². The highest BCUT2D eigenvalue weighted by atomic mass is 32.3. The molecule has 0 unspecified atom stereocenters. The third-order valence-corrected chi connectivity index (χ3v) is 6.55. The van der Waals surface area contributed by atoms with Crippen LogP contribution in [0.4, 0.5) is 0 Å². The Hall–Kier alpha value is 0.870. The van der Waals surface area contributed by atoms with Crippen LogP contribution in [0.3, 0.4) is 0 Å². The normalized spacial score (nSPS) is 22.2. The average Bonchev–Trinajstić information content (AvgIpc) is 1.84. The van der Waals surface area contributed by atoms with Crippen molar-refractivity contribution in [3.05, 3.63) is 0 Å². The molecule has 0 bridgehead atoms. The Bertz CT molecular complexity index is 132. The summed E-state index contributed by atoms with van der Waals surface area (Å²) < 4.78 is -0.254. The van der Waals surface area contributed by atoms with Crippen LogP contribution in [0.25, 0.3) is 0 Å². The van der Waals surface area contributed by atoms with E-state index in [1.165, 1.54) is 23.5 Å². The van der Waals surface area contributed by atoms with E-state index in [0.717, 1.165) is 15.3 Å². The molecule has 1 heterocycles. The van der Waals surface area contributed by atoms with E-state index in [1.807, 2.05) is 0 Å². The molecule has 1 aliphatic heterocycles. The van der Waals surface area contributed by atoms with Gasteiger partial charge in [-0.05, 0) is 0 Å². The van der Waals surface area contributed by atoms with Crippen LogP contribution in [0.5, 0.6) is 0 Å². The number of thioether (sulfide) groups is 4. The molecule has 1 N–H and O–H groups in total. The molecular weight excluding hydrogens is 220 g/mol. The van der Waals surface area contributed by atoms with E-state index >= 15 is 0 Å². The molecule has 0 atom stereocenters. The van der Waals surface area contributed by atoms with Crippen LogP contribution in [0.15, 0.2) is 0 Å². The highest BCUT2D eigenvalue weighted by Crippen LogP contribution is 2.34. The van der Waals surface area contributed by atoms with E-state index in [1.54, 1.807) is 23.5 Å². The lowest BCUT2D eigenvalue weighted by atomic mass is 10.8.